The highest BCUT2D eigenvalue weighted by Gasteiger charge is 2.43. The number of nitrogens with one attached hydrogen (secondary N) is 2. The number of benzene rings is 2. The van der Waals surface area contributed by atoms with E-state index in [0.717, 1.165) is 4.47 Å². The van der Waals surface area contributed by atoms with Crippen molar-refractivity contribution in [2.75, 3.05) is 25.1 Å². The molecule has 0 saturated heterocycles. The van der Waals surface area contributed by atoms with Crippen molar-refractivity contribution in [3.05, 3.63) is 69.8 Å². The van der Waals surface area contributed by atoms with Gasteiger partial charge in [0, 0.05) is 15.7 Å². The lowest BCUT2D eigenvalue weighted by Crippen LogP contribution is -2.49. The van der Waals surface area contributed by atoms with Crippen LogP contribution in [-0.2, 0) is 14.3 Å². The Morgan fingerprint density at radius 2 is 1.97 bits per heavy atom. The third-order valence-electron chi connectivity index (χ3n) is 4.96. The number of esters is 1. The summed E-state index contributed by atoms with van der Waals surface area (Å²) in [5.74, 6) is -0.343. The van der Waals surface area contributed by atoms with Gasteiger partial charge in [0.1, 0.15) is 18.9 Å². The number of anilines is 1. The molecule has 1 atom stereocenters. The SMILES string of the molecule is CCOc1ccccc1C1NC(=O)N(CC(=O)Nc2ccc(Br)cc2)C2=C1C(=O)OC2. The lowest BCUT2D eigenvalue weighted by molar-refractivity contribution is -0.136. The average molecular weight is 486 g/mol. The maximum atomic E-state index is 12.9. The molecule has 1 unspecified atom stereocenters. The second-order valence-electron chi connectivity index (χ2n) is 6.93. The molecule has 8 nitrogen and oxygen atoms in total. The summed E-state index contributed by atoms with van der Waals surface area (Å²) in [6.45, 7) is 1.98. The first kappa shape index (κ1) is 20.9. The fourth-order valence-corrected chi connectivity index (χ4v) is 3.86. The molecule has 3 amide bonds. The summed E-state index contributed by atoms with van der Waals surface area (Å²) in [7, 11) is 0. The molecule has 160 valence electrons. The van der Waals surface area contributed by atoms with Crippen LogP contribution in [0, 0.1) is 0 Å². The van der Waals surface area contributed by atoms with Crippen molar-refractivity contribution < 1.29 is 23.9 Å². The molecular weight excluding hydrogens is 466 g/mol. The van der Waals surface area contributed by atoms with E-state index in [4.69, 9.17) is 9.47 Å². The highest BCUT2D eigenvalue weighted by molar-refractivity contribution is 9.10. The van der Waals surface area contributed by atoms with Crippen molar-refractivity contribution in [3.8, 4) is 5.75 Å². The van der Waals surface area contributed by atoms with Crippen LogP contribution in [0.3, 0.4) is 0 Å². The van der Waals surface area contributed by atoms with Gasteiger partial charge in [-0.3, -0.25) is 9.69 Å². The van der Waals surface area contributed by atoms with Gasteiger partial charge in [-0.25, -0.2) is 9.59 Å². The van der Waals surface area contributed by atoms with E-state index in [-0.39, 0.29) is 13.2 Å². The zero-order chi connectivity index (χ0) is 22.0. The number of carbonyl (C=O) groups is 3. The zero-order valence-corrected chi connectivity index (χ0v) is 18.3. The van der Waals surface area contributed by atoms with Crippen LogP contribution in [0.15, 0.2) is 64.3 Å². The first-order valence-electron chi connectivity index (χ1n) is 9.73. The number of halogens is 1. The molecule has 2 aliphatic rings. The summed E-state index contributed by atoms with van der Waals surface area (Å²) in [6, 6.07) is 13.1. The Morgan fingerprint density at radius 3 is 2.71 bits per heavy atom. The summed E-state index contributed by atoms with van der Waals surface area (Å²) in [4.78, 5) is 39.2. The number of hydrogen-bond acceptors (Lipinski definition) is 5. The molecule has 0 saturated carbocycles. The average Bonchev–Trinajstić information content (AvgIpc) is 3.14. The molecule has 2 aromatic rings. The largest absolute Gasteiger partial charge is 0.494 e. The van der Waals surface area contributed by atoms with Crippen LogP contribution >= 0.6 is 15.9 Å². The van der Waals surface area contributed by atoms with Gasteiger partial charge in [-0.2, -0.15) is 0 Å². The highest BCUT2D eigenvalue weighted by atomic mass is 79.9. The van der Waals surface area contributed by atoms with E-state index in [1.807, 2.05) is 19.1 Å². The van der Waals surface area contributed by atoms with Crippen LogP contribution < -0.4 is 15.4 Å². The number of amides is 3. The van der Waals surface area contributed by atoms with Crippen molar-refractivity contribution in [1.29, 1.82) is 0 Å². The van der Waals surface area contributed by atoms with Crippen molar-refractivity contribution in [2.24, 2.45) is 0 Å². The Morgan fingerprint density at radius 1 is 1.23 bits per heavy atom. The summed E-state index contributed by atoms with van der Waals surface area (Å²) < 4.78 is 11.8. The van der Waals surface area contributed by atoms with Gasteiger partial charge in [0.05, 0.1) is 23.9 Å². The van der Waals surface area contributed by atoms with Gasteiger partial charge in [0.2, 0.25) is 5.91 Å². The topological polar surface area (TPSA) is 97.0 Å². The Balaban J connectivity index is 1.61. The molecule has 0 fully saturated rings. The van der Waals surface area contributed by atoms with E-state index in [9.17, 15) is 14.4 Å². The van der Waals surface area contributed by atoms with Gasteiger partial charge in [-0.1, -0.05) is 34.1 Å². The van der Waals surface area contributed by atoms with Crippen LogP contribution in [0.2, 0.25) is 0 Å². The quantitative estimate of drug-likeness (QED) is 0.611. The Bertz CT molecular complexity index is 1070. The maximum Gasteiger partial charge on any atom is 0.338 e. The van der Waals surface area contributed by atoms with Crippen molar-refractivity contribution in [1.82, 2.24) is 10.2 Å². The molecule has 2 N–H and O–H groups in total. The van der Waals surface area contributed by atoms with Crippen LogP contribution in [-0.4, -0.2) is 42.6 Å². The molecule has 0 aliphatic carbocycles. The predicted octanol–water partition coefficient (Wildman–Crippen LogP) is 3.36. The zero-order valence-electron chi connectivity index (χ0n) is 16.7. The van der Waals surface area contributed by atoms with Gasteiger partial charge >= 0.3 is 12.0 Å². The lowest BCUT2D eigenvalue weighted by Gasteiger charge is -2.33. The first-order valence-corrected chi connectivity index (χ1v) is 10.5. The summed E-state index contributed by atoms with van der Waals surface area (Å²) in [5.41, 5.74) is 1.95. The molecule has 4 rings (SSSR count). The van der Waals surface area contributed by atoms with Gasteiger partial charge < -0.3 is 20.1 Å². The fraction of sp³-hybridized carbons (Fsp3) is 0.227. The molecule has 31 heavy (non-hydrogen) atoms. The Kier molecular flexibility index (Phi) is 5.94. The van der Waals surface area contributed by atoms with Crippen LogP contribution in [0.4, 0.5) is 10.5 Å². The van der Waals surface area contributed by atoms with E-state index in [1.165, 1.54) is 4.90 Å². The minimum absolute atomic E-state index is 0.0690. The normalized spacial score (nSPS) is 17.7. The van der Waals surface area contributed by atoms with Crippen molar-refractivity contribution in [3.63, 3.8) is 0 Å². The minimum Gasteiger partial charge on any atom is -0.494 e. The standard InChI is InChI=1S/C22H20BrN3O5/c1-2-30-17-6-4-3-5-15(17)20-19-16(12-31-21(19)28)26(22(29)25-20)11-18(27)24-14-9-7-13(23)8-10-14/h3-10,20H,2,11-12H2,1H3,(H,24,27)(H,25,29). The molecule has 0 radical (unpaired) electrons. The number of urea groups is 1. The summed E-state index contributed by atoms with van der Waals surface area (Å²) in [5, 5.41) is 5.57. The lowest BCUT2D eigenvalue weighted by atomic mass is 9.95. The van der Waals surface area contributed by atoms with Crippen molar-refractivity contribution >= 4 is 39.5 Å². The number of nitrogens with zero attached hydrogens (tertiary/aromatic N) is 1. The molecule has 9 heteroatoms. The second-order valence-corrected chi connectivity index (χ2v) is 7.85. The third-order valence-corrected chi connectivity index (χ3v) is 5.49. The number of ether oxygens (including phenoxy) is 2. The first-order chi connectivity index (χ1) is 15.0. The molecule has 0 spiro atoms. The third kappa shape index (κ3) is 4.27. The van der Waals surface area contributed by atoms with Crippen LogP contribution in [0.1, 0.15) is 18.5 Å². The van der Waals surface area contributed by atoms with E-state index in [1.54, 1.807) is 36.4 Å². The van der Waals surface area contributed by atoms with Crippen LogP contribution in [0.5, 0.6) is 5.75 Å². The van der Waals surface area contributed by atoms with E-state index >= 15 is 0 Å². The molecule has 2 heterocycles. The number of cyclic esters (lactones) is 1. The van der Waals surface area contributed by atoms with Crippen molar-refractivity contribution in [2.45, 2.75) is 13.0 Å². The number of rotatable bonds is 6. The van der Waals surface area contributed by atoms with Gasteiger partial charge in [-0.15, -0.1) is 0 Å². The second kappa shape index (κ2) is 8.81. The molecule has 0 bridgehead atoms. The van der Waals surface area contributed by atoms with Crippen LogP contribution in [0.25, 0.3) is 0 Å². The minimum atomic E-state index is -0.717. The predicted molar refractivity (Wildman–Crippen MR) is 116 cm³/mol. The highest BCUT2D eigenvalue weighted by Crippen LogP contribution is 2.38. The fourth-order valence-electron chi connectivity index (χ4n) is 3.59. The van der Waals surface area contributed by atoms with Gasteiger partial charge in [0.15, 0.2) is 0 Å². The summed E-state index contributed by atoms with van der Waals surface area (Å²) >= 11 is 3.34. The van der Waals surface area contributed by atoms with E-state index < -0.39 is 23.9 Å². The van der Waals surface area contributed by atoms with E-state index in [0.29, 0.717) is 34.9 Å². The molecule has 2 aliphatic heterocycles. The molecular formula is C22H20BrN3O5. The Hall–Kier alpha value is -3.33. The monoisotopic (exact) mass is 485 g/mol. The maximum absolute atomic E-state index is 12.9. The molecule has 0 aromatic heterocycles. The number of carbonyl (C=O) groups excluding carboxylic acids is 3. The van der Waals surface area contributed by atoms with E-state index in [2.05, 4.69) is 26.6 Å². The Labute approximate surface area is 187 Å². The van der Waals surface area contributed by atoms with Gasteiger partial charge in [0.25, 0.3) is 0 Å². The molecule has 2 aromatic carbocycles. The smallest absolute Gasteiger partial charge is 0.338 e. The number of para-hydroxylation sites is 1. The van der Waals surface area contributed by atoms with Gasteiger partial charge in [-0.05, 0) is 37.3 Å². The number of hydrogen-bond donors (Lipinski definition) is 2. The summed E-state index contributed by atoms with van der Waals surface area (Å²) in [6.07, 6.45) is 0.